The molecule has 1 saturated carbocycles. The number of rotatable bonds is 4. The summed E-state index contributed by atoms with van der Waals surface area (Å²) in [5.74, 6) is 2.25. The van der Waals surface area contributed by atoms with Gasteiger partial charge < -0.3 is 0 Å². The standard InChI is InChI=1S/C16H23NO/c1-12(2)13-6-8-14(9-7-13)16(18)11-15-5-3-4-10-17-15/h3-5,10,12-14H,6-9,11H2,1-2H3. The maximum absolute atomic E-state index is 12.2. The molecule has 2 heteroatoms. The van der Waals surface area contributed by atoms with E-state index in [1.54, 1.807) is 6.20 Å². The van der Waals surface area contributed by atoms with Crippen molar-refractivity contribution in [3.63, 3.8) is 0 Å². The maximum atomic E-state index is 12.2. The van der Waals surface area contributed by atoms with E-state index >= 15 is 0 Å². The summed E-state index contributed by atoms with van der Waals surface area (Å²) in [6.45, 7) is 4.58. The van der Waals surface area contributed by atoms with Gasteiger partial charge in [0.2, 0.25) is 0 Å². The Morgan fingerprint density at radius 2 is 2.00 bits per heavy atom. The predicted octanol–water partition coefficient (Wildman–Crippen LogP) is 3.66. The Bertz CT molecular complexity index is 377. The average Bonchev–Trinajstić information content (AvgIpc) is 2.40. The van der Waals surface area contributed by atoms with Crippen molar-refractivity contribution in [2.24, 2.45) is 17.8 Å². The summed E-state index contributed by atoms with van der Waals surface area (Å²) in [4.78, 5) is 16.4. The number of Topliss-reactive ketones (excluding diaryl/α,β-unsaturated/α-hetero) is 1. The summed E-state index contributed by atoms with van der Waals surface area (Å²) in [5.41, 5.74) is 0.911. The Balaban J connectivity index is 1.85. The number of ketones is 1. The largest absolute Gasteiger partial charge is 0.299 e. The summed E-state index contributed by atoms with van der Waals surface area (Å²) in [6, 6.07) is 5.78. The minimum Gasteiger partial charge on any atom is -0.299 e. The predicted molar refractivity (Wildman–Crippen MR) is 73.2 cm³/mol. The molecule has 2 nitrogen and oxygen atoms in total. The van der Waals surface area contributed by atoms with E-state index < -0.39 is 0 Å². The molecule has 0 amide bonds. The van der Waals surface area contributed by atoms with E-state index in [1.165, 1.54) is 12.8 Å². The summed E-state index contributed by atoms with van der Waals surface area (Å²) < 4.78 is 0. The molecule has 2 rings (SSSR count). The van der Waals surface area contributed by atoms with Gasteiger partial charge >= 0.3 is 0 Å². The van der Waals surface area contributed by atoms with Crippen molar-refractivity contribution >= 4 is 5.78 Å². The van der Waals surface area contributed by atoms with Crippen LogP contribution in [-0.2, 0) is 11.2 Å². The number of aromatic nitrogens is 1. The van der Waals surface area contributed by atoms with Gasteiger partial charge in [-0.2, -0.15) is 0 Å². The zero-order valence-corrected chi connectivity index (χ0v) is 11.4. The van der Waals surface area contributed by atoms with Gasteiger partial charge in [-0.15, -0.1) is 0 Å². The first-order valence-electron chi connectivity index (χ1n) is 7.09. The Morgan fingerprint density at radius 3 is 2.56 bits per heavy atom. The molecule has 0 aromatic carbocycles. The minimum absolute atomic E-state index is 0.280. The van der Waals surface area contributed by atoms with Crippen molar-refractivity contribution in [3.05, 3.63) is 30.1 Å². The highest BCUT2D eigenvalue weighted by atomic mass is 16.1. The van der Waals surface area contributed by atoms with Crippen molar-refractivity contribution in [1.29, 1.82) is 0 Å². The Labute approximate surface area is 110 Å². The van der Waals surface area contributed by atoms with Gasteiger partial charge in [0.15, 0.2) is 0 Å². The highest BCUT2D eigenvalue weighted by Crippen LogP contribution is 2.33. The summed E-state index contributed by atoms with van der Waals surface area (Å²) in [6.07, 6.45) is 6.87. The summed E-state index contributed by atoms with van der Waals surface area (Å²) in [7, 11) is 0. The lowest BCUT2D eigenvalue weighted by Crippen LogP contribution is -2.25. The van der Waals surface area contributed by atoms with Crippen LogP contribution in [0.4, 0.5) is 0 Å². The smallest absolute Gasteiger partial charge is 0.141 e. The first kappa shape index (κ1) is 13.3. The van der Waals surface area contributed by atoms with E-state index in [2.05, 4.69) is 18.8 Å². The normalized spacial score (nSPS) is 24.2. The fourth-order valence-corrected chi connectivity index (χ4v) is 2.93. The second-order valence-electron chi connectivity index (χ2n) is 5.82. The number of carbonyl (C=O) groups excluding carboxylic acids is 1. The highest BCUT2D eigenvalue weighted by Gasteiger charge is 2.27. The summed E-state index contributed by atoms with van der Waals surface area (Å²) >= 11 is 0. The Hall–Kier alpha value is -1.18. The van der Waals surface area contributed by atoms with Crippen LogP contribution < -0.4 is 0 Å². The molecule has 1 aromatic rings. The molecule has 1 aromatic heterocycles. The number of nitrogens with zero attached hydrogens (tertiary/aromatic N) is 1. The van der Waals surface area contributed by atoms with E-state index in [1.807, 2.05) is 18.2 Å². The number of hydrogen-bond acceptors (Lipinski definition) is 2. The van der Waals surface area contributed by atoms with Crippen LogP contribution in [0.2, 0.25) is 0 Å². The van der Waals surface area contributed by atoms with Crippen LogP contribution in [0.25, 0.3) is 0 Å². The molecule has 98 valence electrons. The Morgan fingerprint density at radius 1 is 1.28 bits per heavy atom. The molecule has 0 aliphatic heterocycles. The third kappa shape index (κ3) is 3.41. The van der Waals surface area contributed by atoms with E-state index in [0.29, 0.717) is 12.2 Å². The number of carbonyl (C=O) groups is 1. The molecule has 0 bridgehead atoms. The van der Waals surface area contributed by atoms with Gasteiger partial charge in [-0.3, -0.25) is 9.78 Å². The van der Waals surface area contributed by atoms with Crippen molar-refractivity contribution < 1.29 is 4.79 Å². The van der Waals surface area contributed by atoms with E-state index in [9.17, 15) is 4.79 Å². The fourth-order valence-electron chi connectivity index (χ4n) is 2.93. The number of pyridine rings is 1. The molecular formula is C16H23NO. The van der Waals surface area contributed by atoms with Gasteiger partial charge in [0, 0.05) is 24.2 Å². The van der Waals surface area contributed by atoms with E-state index in [0.717, 1.165) is 30.4 Å². The van der Waals surface area contributed by atoms with Gasteiger partial charge in [-0.25, -0.2) is 0 Å². The van der Waals surface area contributed by atoms with Crippen LogP contribution in [0.15, 0.2) is 24.4 Å². The van der Waals surface area contributed by atoms with Crippen molar-refractivity contribution in [2.45, 2.75) is 46.0 Å². The molecule has 0 atom stereocenters. The molecule has 1 fully saturated rings. The zero-order chi connectivity index (χ0) is 13.0. The average molecular weight is 245 g/mol. The molecule has 1 aliphatic rings. The minimum atomic E-state index is 0.280. The van der Waals surface area contributed by atoms with Crippen molar-refractivity contribution in [2.75, 3.05) is 0 Å². The second kappa shape index (κ2) is 6.12. The third-order valence-electron chi connectivity index (χ3n) is 4.25. The lowest BCUT2D eigenvalue weighted by atomic mass is 9.75. The quantitative estimate of drug-likeness (QED) is 0.810. The van der Waals surface area contributed by atoms with Crippen LogP contribution in [0.1, 0.15) is 45.2 Å². The molecule has 0 radical (unpaired) electrons. The van der Waals surface area contributed by atoms with Crippen LogP contribution in [0.3, 0.4) is 0 Å². The summed E-state index contributed by atoms with van der Waals surface area (Å²) in [5, 5.41) is 0. The van der Waals surface area contributed by atoms with Crippen LogP contribution in [-0.4, -0.2) is 10.8 Å². The van der Waals surface area contributed by atoms with Crippen LogP contribution in [0, 0.1) is 17.8 Å². The molecule has 1 aliphatic carbocycles. The van der Waals surface area contributed by atoms with Gasteiger partial charge in [0.05, 0.1) is 0 Å². The fraction of sp³-hybridized carbons (Fsp3) is 0.625. The zero-order valence-electron chi connectivity index (χ0n) is 11.4. The molecular weight excluding hydrogens is 222 g/mol. The SMILES string of the molecule is CC(C)C1CCC(C(=O)Cc2ccccn2)CC1. The maximum Gasteiger partial charge on any atom is 0.141 e. The first-order valence-corrected chi connectivity index (χ1v) is 7.09. The molecule has 0 N–H and O–H groups in total. The van der Waals surface area contributed by atoms with Gasteiger partial charge in [0.25, 0.3) is 0 Å². The lowest BCUT2D eigenvalue weighted by Gasteiger charge is -2.30. The van der Waals surface area contributed by atoms with E-state index in [4.69, 9.17) is 0 Å². The number of hydrogen-bond donors (Lipinski definition) is 0. The third-order valence-corrected chi connectivity index (χ3v) is 4.25. The highest BCUT2D eigenvalue weighted by molar-refractivity contribution is 5.82. The second-order valence-corrected chi connectivity index (χ2v) is 5.82. The van der Waals surface area contributed by atoms with Crippen molar-refractivity contribution in [3.8, 4) is 0 Å². The monoisotopic (exact) mass is 245 g/mol. The van der Waals surface area contributed by atoms with E-state index in [-0.39, 0.29) is 5.92 Å². The molecule has 1 heterocycles. The van der Waals surface area contributed by atoms with Gasteiger partial charge in [0.1, 0.15) is 5.78 Å². The topological polar surface area (TPSA) is 30.0 Å². The first-order chi connectivity index (χ1) is 8.66. The Kier molecular flexibility index (Phi) is 4.51. The van der Waals surface area contributed by atoms with Gasteiger partial charge in [-0.1, -0.05) is 19.9 Å². The lowest BCUT2D eigenvalue weighted by molar-refractivity contribution is -0.123. The molecule has 0 saturated heterocycles. The van der Waals surface area contributed by atoms with Crippen molar-refractivity contribution in [1.82, 2.24) is 4.98 Å². The van der Waals surface area contributed by atoms with Crippen LogP contribution in [0.5, 0.6) is 0 Å². The molecule has 0 unspecified atom stereocenters. The molecule has 18 heavy (non-hydrogen) atoms. The molecule has 0 spiro atoms. The van der Waals surface area contributed by atoms with Gasteiger partial charge in [-0.05, 0) is 49.7 Å². The van der Waals surface area contributed by atoms with Crippen LogP contribution >= 0.6 is 0 Å².